The normalized spacial score (nSPS) is 13.5. The Hall–Kier alpha value is -3.15. The van der Waals surface area contributed by atoms with Crippen molar-refractivity contribution in [3.8, 4) is 0 Å². The Kier molecular flexibility index (Phi) is 6.35. The standard InChI is InChI=1S/C25H30N4O2/c1-18(2)25(31)26-15-7-14-23-27-20-11-4-6-13-22(20)29(23)17-24(30)28-16-8-10-19-9-3-5-12-21(19)28/h3-6,9,11-13,18H,7-8,10,14-17H2,1-2H3,(H,26,31). The zero-order chi connectivity index (χ0) is 21.8. The Morgan fingerprint density at radius 3 is 2.71 bits per heavy atom. The van der Waals surface area contributed by atoms with Gasteiger partial charge in [0.1, 0.15) is 12.4 Å². The lowest BCUT2D eigenvalue weighted by molar-refractivity contribution is -0.124. The van der Waals surface area contributed by atoms with E-state index in [1.165, 1.54) is 5.56 Å². The highest BCUT2D eigenvalue weighted by Gasteiger charge is 2.23. The average molecular weight is 419 g/mol. The summed E-state index contributed by atoms with van der Waals surface area (Å²) in [5.74, 6) is 1.02. The fourth-order valence-corrected chi connectivity index (χ4v) is 4.17. The number of hydrogen-bond acceptors (Lipinski definition) is 3. The number of rotatable bonds is 7. The predicted octanol–water partition coefficient (Wildman–Crippen LogP) is 3.72. The third kappa shape index (κ3) is 4.63. The zero-order valence-corrected chi connectivity index (χ0v) is 18.3. The Morgan fingerprint density at radius 1 is 1.10 bits per heavy atom. The molecule has 0 atom stereocenters. The molecular weight excluding hydrogens is 388 g/mol. The first-order valence-corrected chi connectivity index (χ1v) is 11.1. The van der Waals surface area contributed by atoms with E-state index in [1.807, 2.05) is 65.8 Å². The molecule has 1 aromatic heterocycles. The molecule has 0 unspecified atom stereocenters. The monoisotopic (exact) mass is 418 g/mol. The summed E-state index contributed by atoms with van der Waals surface area (Å²) < 4.78 is 2.04. The van der Waals surface area contributed by atoms with Crippen molar-refractivity contribution in [1.82, 2.24) is 14.9 Å². The molecule has 0 spiro atoms. The van der Waals surface area contributed by atoms with Crippen LogP contribution in [0.2, 0.25) is 0 Å². The topological polar surface area (TPSA) is 67.2 Å². The van der Waals surface area contributed by atoms with Crippen LogP contribution in [0.4, 0.5) is 5.69 Å². The Balaban J connectivity index is 1.52. The molecule has 0 radical (unpaired) electrons. The molecule has 0 saturated carbocycles. The molecule has 1 N–H and O–H groups in total. The largest absolute Gasteiger partial charge is 0.356 e. The van der Waals surface area contributed by atoms with Crippen LogP contribution in [0.5, 0.6) is 0 Å². The molecule has 2 heterocycles. The van der Waals surface area contributed by atoms with Crippen molar-refractivity contribution in [1.29, 1.82) is 0 Å². The van der Waals surface area contributed by atoms with Gasteiger partial charge >= 0.3 is 0 Å². The Bertz CT molecular complexity index is 1090. The van der Waals surface area contributed by atoms with Crippen molar-refractivity contribution in [2.24, 2.45) is 5.92 Å². The van der Waals surface area contributed by atoms with Gasteiger partial charge in [0, 0.05) is 31.1 Å². The van der Waals surface area contributed by atoms with E-state index in [-0.39, 0.29) is 24.3 Å². The van der Waals surface area contributed by atoms with Gasteiger partial charge in [-0.15, -0.1) is 0 Å². The summed E-state index contributed by atoms with van der Waals surface area (Å²) in [7, 11) is 0. The van der Waals surface area contributed by atoms with Crippen molar-refractivity contribution < 1.29 is 9.59 Å². The number of para-hydroxylation sites is 3. The fraction of sp³-hybridized carbons (Fsp3) is 0.400. The average Bonchev–Trinajstić information content (AvgIpc) is 3.13. The minimum absolute atomic E-state index is 0.0189. The van der Waals surface area contributed by atoms with Crippen LogP contribution in [-0.4, -0.2) is 34.5 Å². The first-order chi connectivity index (χ1) is 15.0. The number of anilines is 1. The molecule has 0 aliphatic carbocycles. The van der Waals surface area contributed by atoms with Gasteiger partial charge in [-0.1, -0.05) is 44.2 Å². The van der Waals surface area contributed by atoms with Crippen molar-refractivity contribution in [3.63, 3.8) is 0 Å². The molecule has 0 saturated heterocycles. The van der Waals surface area contributed by atoms with Crippen LogP contribution in [0.25, 0.3) is 11.0 Å². The minimum atomic E-state index is -0.0189. The van der Waals surface area contributed by atoms with Gasteiger partial charge in [-0.2, -0.15) is 0 Å². The van der Waals surface area contributed by atoms with Crippen molar-refractivity contribution in [2.75, 3.05) is 18.0 Å². The molecule has 2 amide bonds. The lowest BCUT2D eigenvalue weighted by Crippen LogP contribution is -2.38. The number of aromatic nitrogens is 2. The summed E-state index contributed by atoms with van der Waals surface area (Å²) in [6.45, 7) is 5.40. The predicted molar refractivity (Wildman–Crippen MR) is 123 cm³/mol. The number of benzene rings is 2. The number of aryl methyl sites for hydroxylation is 2. The van der Waals surface area contributed by atoms with E-state index in [2.05, 4.69) is 11.4 Å². The number of carbonyl (C=O) groups is 2. The Morgan fingerprint density at radius 2 is 1.87 bits per heavy atom. The van der Waals surface area contributed by atoms with Crippen LogP contribution in [0, 0.1) is 5.92 Å². The lowest BCUT2D eigenvalue weighted by Gasteiger charge is -2.29. The number of fused-ring (bicyclic) bond motifs is 2. The SMILES string of the molecule is CC(C)C(=O)NCCCc1nc2ccccc2n1CC(=O)N1CCCc2ccccc21. The molecule has 0 fully saturated rings. The summed E-state index contributed by atoms with van der Waals surface area (Å²) in [6, 6.07) is 16.1. The molecule has 1 aliphatic heterocycles. The molecule has 162 valence electrons. The maximum atomic E-state index is 13.3. The smallest absolute Gasteiger partial charge is 0.246 e. The van der Waals surface area contributed by atoms with Crippen LogP contribution in [0.15, 0.2) is 48.5 Å². The fourth-order valence-electron chi connectivity index (χ4n) is 4.17. The van der Waals surface area contributed by atoms with Gasteiger partial charge in [0.2, 0.25) is 11.8 Å². The minimum Gasteiger partial charge on any atom is -0.356 e. The van der Waals surface area contributed by atoms with Crippen molar-refractivity contribution >= 4 is 28.5 Å². The molecule has 31 heavy (non-hydrogen) atoms. The van der Waals surface area contributed by atoms with E-state index in [1.54, 1.807) is 0 Å². The maximum Gasteiger partial charge on any atom is 0.246 e. The van der Waals surface area contributed by atoms with E-state index in [0.29, 0.717) is 13.0 Å². The summed E-state index contributed by atoms with van der Waals surface area (Å²) in [6.07, 6.45) is 3.48. The van der Waals surface area contributed by atoms with Crippen LogP contribution in [-0.2, 0) is 29.0 Å². The number of nitrogens with zero attached hydrogens (tertiary/aromatic N) is 3. The highest BCUT2D eigenvalue weighted by atomic mass is 16.2. The highest BCUT2D eigenvalue weighted by molar-refractivity contribution is 5.95. The van der Waals surface area contributed by atoms with Gasteiger partial charge in [0.15, 0.2) is 0 Å². The van der Waals surface area contributed by atoms with E-state index < -0.39 is 0 Å². The number of nitrogens with one attached hydrogen (secondary N) is 1. The van der Waals surface area contributed by atoms with Crippen molar-refractivity contribution in [3.05, 3.63) is 59.9 Å². The second kappa shape index (κ2) is 9.33. The van der Waals surface area contributed by atoms with E-state index in [4.69, 9.17) is 4.98 Å². The molecule has 0 bridgehead atoms. The molecular formula is C25H30N4O2. The summed E-state index contributed by atoms with van der Waals surface area (Å²) in [5, 5.41) is 2.96. The van der Waals surface area contributed by atoms with Crippen LogP contribution >= 0.6 is 0 Å². The number of carbonyl (C=O) groups excluding carboxylic acids is 2. The second-order valence-electron chi connectivity index (χ2n) is 8.43. The van der Waals surface area contributed by atoms with Crippen LogP contribution < -0.4 is 10.2 Å². The van der Waals surface area contributed by atoms with Crippen LogP contribution in [0.1, 0.15) is 38.1 Å². The van der Waals surface area contributed by atoms with Gasteiger partial charge < -0.3 is 14.8 Å². The Labute approximate surface area is 183 Å². The highest BCUT2D eigenvalue weighted by Crippen LogP contribution is 2.27. The number of imidazole rings is 1. The first-order valence-electron chi connectivity index (χ1n) is 11.1. The van der Waals surface area contributed by atoms with E-state index in [0.717, 1.165) is 48.4 Å². The van der Waals surface area contributed by atoms with Gasteiger partial charge in [-0.3, -0.25) is 9.59 Å². The zero-order valence-electron chi connectivity index (χ0n) is 18.3. The van der Waals surface area contributed by atoms with Crippen LogP contribution in [0.3, 0.4) is 0 Å². The van der Waals surface area contributed by atoms with Gasteiger partial charge in [-0.25, -0.2) is 4.98 Å². The van der Waals surface area contributed by atoms with Gasteiger partial charge in [-0.05, 0) is 43.0 Å². The summed E-state index contributed by atoms with van der Waals surface area (Å²) in [5.41, 5.74) is 4.14. The molecule has 4 rings (SSSR count). The van der Waals surface area contributed by atoms with E-state index in [9.17, 15) is 9.59 Å². The molecule has 6 nitrogen and oxygen atoms in total. The second-order valence-corrected chi connectivity index (χ2v) is 8.43. The third-order valence-corrected chi connectivity index (χ3v) is 5.84. The summed E-state index contributed by atoms with van der Waals surface area (Å²) >= 11 is 0. The lowest BCUT2D eigenvalue weighted by atomic mass is 10.0. The molecule has 3 aromatic rings. The van der Waals surface area contributed by atoms with Gasteiger partial charge in [0.05, 0.1) is 11.0 Å². The molecule has 2 aromatic carbocycles. The first kappa shape index (κ1) is 21.1. The third-order valence-electron chi connectivity index (χ3n) is 5.84. The number of amides is 2. The molecule has 6 heteroatoms. The maximum absolute atomic E-state index is 13.3. The van der Waals surface area contributed by atoms with E-state index >= 15 is 0 Å². The summed E-state index contributed by atoms with van der Waals surface area (Å²) in [4.78, 5) is 31.8. The van der Waals surface area contributed by atoms with Crippen molar-refractivity contribution in [2.45, 2.75) is 46.1 Å². The number of hydrogen-bond donors (Lipinski definition) is 1. The quantitative estimate of drug-likeness (QED) is 0.595. The van der Waals surface area contributed by atoms with Gasteiger partial charge in [0.25, 0.3) is 0 Å². The molecule has 1 aliphatic rings.